The van der Waals surface area contributed by atoms with Gasteiger partial charge in [0.2, 0.25) is 0 Å². The number of amides is 1. The van der Waals surface area contributed by atoms with Gasteiger partial charge >= 0.3 is 6.09 Å². The SMILES string of the molecule is O=C(O)NCC1=NOC(COc2ccc(Cl)cc2)C1. The first-order chi connectivity index (χ1) is 9.13. The number of hydrogen-bond donors (Lipinski definition) is 2. The molecule has 19 heavy (non-hydrogen) atoms. The summed E-state index contributed by atoms with van der Waals surface area (Å²) < 4.78 is 5.53. The maximum absolute atomic E-state index is 10.3. The van der Waals surface area contributed by atoms with Gasteiger partial charge in [0.15, 0.2) is 6.10 Å². The van der Waals surface area contributed by atoms with Crippen LogP contribution in [0.2, 0.25) is 5.02 Å². The minimum atomic E-state index is -1.08. The van der Waals surface area contributed by atoms with E-state index < -0.39 is 6.09 Å². The van der Waals surface area contributed by atoms with E-state index in [0.717, 1.165) is 0 Å². The third-order valence-electron chi connectivity index (χ3n) is 2.49. The highest BCUT2D eigenvalue weighted by Gasteiger charge is 2.21. The summed E-state index contributed by atoms with van der Waals surface area (Å²) >= 11 is 5.76. The van der Waals surface area contributed by atoms with E-state index in [-0.39, 0.29) is 12.6 Å². The normalized spacial score (nSPS) is 17.5. The molecule has 0 aromatic heterocycles. The van der Waals surface area contributed by atoms with E-state index in [2.05, 4.69) is 10.5 Å². The Hall–Kier alpha value is -1.95. The van der Waals surface area contributed by atoms with Gasteiger partial charge in [-0.25, -0.2) is 4.79 Å². The Labute approximate surface area is 115 Å². The fourth-order valence-corrected chi connectivity index (χ4v) is 1.70. The van der Waals surface area contributed by atoms with Gasteiger partial charge in [-0.3, -0.25) is 0 Å². The van der Waals surface area contributed by atoms with Gasteiger partial charge < -0.3 is 20.0 Å². The van der Waals surface area contributed by atoms with Gasteiger partial charge in [0, 0.05) is 11.4 Å². The van der Waals surface area contributed by atoms with Crippen LogP contribution >= 0.6 is 11.6 Å². The zero-order valence-corrected chi connectivity index (χ0v) is 10.8. The van der Waals surface area contributed by atoms with E-state index >= 15 is 0 Å². The van der Waals surface area contributed by atoms with Crippen LogP contribution in [0.3, 0.4) is 0 Å². The summed E-state index contributed by atoms with van der Waals surface area (Å²) in [6, 6.07) is 7.02. The molecule has 1 aromatic rings. The monoisotopic (exact) mass is 284 g/mol. The number of carboxylic acid groups (broad SMARTS) is 1. The average Bonchev–Trinajstić information content (AvgIpc) is 2.84. The number of oxime groups is 1. The third-order valence-corrected chi connectivity index (χ3v) is 2.74. The quantitative estimate of drug-likeness (QED) is 0.868. The van der Waals surface area contributed by atoms with E-state index in [4.69, 9.17) is 26.3 Å². The summed E-state index contributed by atoms with van der Waals surface area (Å²) in [7, 11) is 0. The summed E-state index contributed by atoms with van der Waals surface area (Å²) in [5.74, 6) is 0.699. The molecule has 1 unspecified atom stereocenters. The second-order valence-corrected chi connectivity index (χ2v) is 4.45. The lowest BCUT2D eigenvalue weighted by Gasteiger charge is -2.10. The van der Waals surface area contributed by atoms with Crippen LogP contribution in [0.5, 0.6) is 5.75 Å². The number of nitrogens with zero attached hydrogens (tertiary/aromatic N) is 1. The molecule has 1 aromatic carbocycles. The van der Waals surface area contributed by atoms with Gasteiger partial charge in [-0.05, 0) is 24.3 Å². The molecule has 0 saturated heterocycles. The van der Waals surface area contributed by atoms with Crippen LogP contribution in [0.25, 0.3) is 0 Å². The lowest BCUT2D eigenvalue weighted by atomic mass is 10.2. The lowest BCUT2D eigenvalue weighted by Crippen LogP contribution is -2.28. The summed E-state index contributed by atoms with van der Waals surface area (Å²) in [4.78, 5) is 15.5. The van der Waals surface area contributed by atoms with Crippen molar-refractivity contribution in [1.29, 1.82) is 0 Å². The van der Waals surface area contributed by atoms with Crippen molar-refractivity contribution < 1.29 is 19.5 Å². The molecule has 2 N–H and O–H groups in total. The highest BCUT2D eigenvalue weighted by atomic mass is 35.5. The lowest BCUT2D eigenvalue weighted by molar-refractivity contribution is 0.0471. The van der Waals surface area contributed by atoms with Gasteiger partial charge in [0.25, 0.3) is 0 Å². The van der Waals surface area contributed by atoms with Crippen molar-refractivity contribution in [1.82, 2.24) is 5.32 Å². The molecule has 6 nitrogen and oxygen atoms in total. The molecular formula is C12H13ClN2O4. The van der Waals surface area contributed by atoms with Gasteiger partial charge in [-0.15, -0.1) is 0 Å². The molecular weight excluding hydrogens is 272 g/mol. The van der Waals surface area contributed by atoms with E-state index in [9.17, 15) is 4.79 Å². The molecule has 2 rings (SSSR count). The van der Waals surface area contributed by atoms with Gasteiger partial charge in [-0.2, -0.15) is 0 Å². The Bertz CT molecular complexity index is 475. The van der Waals surface area contributed by atoms with E-state index in [1.165, 1.54) is 0 Å². The first-order valence-corrected chi connectivity index (χ1v) is 6.08. The molecule has 0 bridgehead atoms. The molecule has 0 saturated carbocycles. The molecule has 0 spiro atoms. The van der Waals surface area contributed by atoms with Crippen molar-refractivity contribution in [3.8, 4) is 5.75 Å². The Morgan fingerprint density at radius 2 is 2.26 bits per heavy atom. The minimum Gasteiger partial charge on any atom is -0.490 e. The molecule has 102 valence electrons. The van der Waals surface area contributed by atoms with Crippen molar-refractivity contribution in [2.75, 3.05) is 13.2 Å². The number of nitrogens with one attached hydrogen (secondary N) is 1. The van der Waals surface area contributed by atoms with Crippen molar-refractivity contribution >= 4 is 23.4 Å². The Balaban J connectivity index is 1.71. The van der Waals surface area contributed by atoms with Gasteiger partial charge in [-0.1, -0.05) is 16.8 Å². The van der Waals surface area contributed by atoms with Crippen molar-refractivity contribution in [2.24, 2.45) is 5.16 Å². The third kappa shape index (κ3) is 4.33. The summed E-state index contributed by atoms with van der Waals surface area (Å²) in [6.07, 6.45) is -0.724. The van der Waals surface area contributed by atoms with Crippen LogP contribution in [0, 0.1) is 0 Å². The van der Waals surface area contributed by atoms with Crippen LogP contribution in [-0.2, 0) is 4.84 Å². The molecule has 0 fully saturated rings. The molecule has 1 atom stereocenters. The molecule has 0 aliphatic carbocycles. The standard InChI is InChI=1S/C12H13ClN2O4/c13-8-1-3-10(4-2-8)18-7-11-5-9(15-19-11)6-14-12(16)17/h1-4,11,14H,5-7H2,(H,16,17). The Morgan fingerprint density at radius 1 is 1.53 bits per heavy atom. The van der Waals surface area contributed by atoms with Crippen LogP contribution in [0.1, 0.15) is 6.42 Å². The number of benzene rings is 1. The topological polar surface area (TPSA) is 80.2 Å². The van der Waals surface area contributed by atoms with E-state index in [1.54, 1.807) is 24.3 Å². The molecule has 1 amide bonds. The molecule has 1 heterocycles. The van der Waals surface area contributed by atoms with Crippen LogP contribution in [0.15, 0.2) is 29.4 Å². The molecule has 7 heteroatoms. The Morgan fingerprint density at radius 3 is 2.95 bits per heavy atom. The number of halogens is 1. The zero-order valence-electron chi connectivity index (χ0n) is 10.0. The maximum atomic E-state index is 10.3. The van der Waals surface area contributed by atoms with Crippen molar-refractivity contribution in [3.05, 3.63) is 29.3 Å². The molecule has 0 radical (unpaired) electrons. The first kappa shape index (κ1) is 13.5. The molecule has 1 aliphatic rings. The molecule has 1 aliphatic heterocycles. The predicted octanol–water partition coefficient (Wildman–Crippen LogP) is 2.13. The van der Waals surface area contributed by atoms with Crippen LogP contribution in [0.4, 0.5) is 4.79 Å². The number of hydrogen-bond acceptors (Lipinski definition) is 4. The minimum absolute atomic E-state index is 0.173. The fraction of sp³-hybridized carbons (Fsp3) is 0.333. The zero-order chi connectivity index (χ0) is 13.7. The van der Waals surface area contributed by atoms with E-state index in [0.29, 0.717) is 29.5 Å². The van der Waals surface area contributed by atoms with E-state index in [1.807, 2.05) is 0 Å². The Kier molecular flexibility index (Phi) is 4.46. The number of ether oxygens (including phenoxy) is 1. The first-order valence-electron chi connectivity index (χ1n) is 5.70. The predicted molar refractivity (Wildman–Crippen MR) is 69.9 cm³/mol. The van der Waals surface area contributed by atoms with Crippen molar-refractivity contribution in [3.63, 3.8) is 0 Å². The highest BCUT2D eigenvalue weighted by molar-refractivity contribution is 6.30. The largest absolute Gasteiger partial charge is 0.490 e. The fourth-order valence-electron chi connectivity index (χ4n) is 1.58. The highest BCUT2D eigenvalue weighted by Crippen LogP contribution is 2.17. The maximum Gasteiger partial charge on any atom is 0.404 e. The van der Waals surface area contributed by atoms with Crippen LogP contribution in [-0.4, -0.2) is 36.2 Å². The second-order valence-electron chi connectivity index (χ2n) is 4.01. The summed E-state index contributed by atoms with van der Waals surface area (Å²) in [6.45, 7) is 0.522. The average molecular weight is 285 g/mol. The number of rotatable bonds is 5. The number of carbonyl (C=O) groups is 1. The van der Waals surface area contributed by atoms with Crippen LogP contribution < -0.4 is 10.1 Å². The smallest absolute Gasteiger partial charge is 0.404 e. The summed E-state index contributed by atoms with van der Waals surface area (Å²) in [5.41, 5.74) is 0.659. The van der Waals surface area contributed by atoms with Crippen molar-refractivity contribution in [2.45, 2.75) is 12.5 Å². The van der Waals surface area contributed by atoms with Gasteiger partial charge in [0.1, 0.15) is 12.4 Å². The summed E-state index contributed by atoms with van der Waals surface area (Å²) in [5, 5.41) is 15.2. The van der Waals surface area contributed by atoms with Gasteiger partial charge in [0.05, 0.1) is 12.3 Å². The second kappa shape index (κ2) is 6.29.